The van der Waals surface area contributed by atoms with E-state index in [1.807, 2.05) is 42.8 Å². The Balaban J connectivity index is 1.77. The summed E-state index contributed by atoms with van der Waals surface area (Å²) in [5.41, 5.74) is 0. The van der Waals surface area contributed by atoms with Crippen molar-refractivity contribution in [3.05, 3.63) is 36.4 Å². The fraction of sp³-hybridized carbons (Fsp3) is 0.438. The van der Waals surface area contributed by atoms with Gasteiger partial charge in [-0.3, -0.25) is 0 Å². The number of hydrogen-bond donors (Lipinski definition) is 2. The molecule has 0 atom stereocenters. The van der Waals surface area contributed by atoms with Gasteiger partial charge in [0.2, 0.25) is 0 Å². The zero-order chi connectivity index (χ0) is 17.2. The number of benzene rings is 1. The lowest BCUT2D eigenvalue weighted by Crippen LogP contribution is -2.39. The highest BCUT2D eigenvalue weighted by molar-refractivity contribution is 5.79. The Hall–Kier alpha value is -2.77. The quantitative estimate of drug-likeness (QED) is 0.425. The molecule has 0 saturated carbocycles. The highest BCUT2D eigenvalue weighted by Gasteiger charge is 2.02. The van der Waals surface area contributed by atoms with Crippen LogP contribution in [0.3, 0.4) is 0 Å². The minimum absolute atomic E-state index is 0.463. The molecule has 0 spiro atoms. The van der Waals surface area contributed by atoms with Crippen LogP contribution in [0.25, 0.3) is 0 Å². The van der Waals surface area contributed by atoms with E-state index in [1.54, 1.807) is 13.4 Å². The van der Waals surface area contributed by atoms with Gasteiger partial charge in [-0.25, -0.2) is 4.99 Å². The SMILES string of the molecule is CCNC(=NCc1nncn1C)NCCOc1ccc(OC)cc1. The number of aromatic nitrogens is 3. The maximum atomic E-state index is 5.68. The van der Waals surface area contributed by atoms with Gasteiger partial charge >= 0.3 is 0 Å². The molecule has 0 unspecified atom stereocenters. The third-order valence-corrected chi connectivity index (χ3v) is 3.25. The Kier molecular flexibility index (Phi) is 6.88. The molecule has 0 fully saturated rings. The van der Waals surface area contributed by atoms with E-state index >= 15 is 0 Å². The van der Waals surface area contributed by atoms with E-state index in [-0.39, 0.29) is 0 Å². The lowest BCUT2D eigenvalue weighted by molar-refractivity contribution is 0.321. The van der Waals surface area contributed by atoms with Crippen molar-refractivity contribution in [2.24, 2.45) is 12.0 Å². The van der Waals surface area contributed by atoms with Gasteiger partial charge in [0.05, 0.1) is 13.7 Å². The second-order valence-electron chi connectivity index (χ2n) is 5.00. The zero-order valence-corrected chi connectivity index (χ0v) is 14.3. The minimum atomic E-state index is 0.463. The van der Waals surface area contributed by atoms with E-state index in [4.69, 9.17) is 9.47 Å². The molecule has 1 aromatic carbocycles. The Bertz CT molecular complexity index is 638. The van der Waals surface area contributed by atoms with E-state index in [0.717, 1.165) is 29.8 Å². The monoisotopic (exact) mass is 332 g/mol. The lowest BCUT2D eigenvalue weighted by Gasteiger charge is -2.12. The summed E-state index contributed by atoms with van der Waals surface area (Å²) in [6.45, 7) is 4.43. The van der Waals surface area contributed by atoms with Gasteiger partial charge in [0.15, 0.2) is 11.8 Å². The van der Waals surface area contributed by atoms with Crippen LogP contribution in [-0.4, -0.2) is 47.5 Å². The lowest BCUT2D eigenvalue weighted by atomic mass is 10.3. The molecular weight excluding hydrogens is 308 g/mol. The second kappa shape index (κ2) is 9.39. The normalized spacial score (nSPS) is 11.2. The summed E-state index contributed by atoms with van der Waals surface area (Å²) in [6, 6.07) is 7.50. The number of ether oxygens (including phenoxy) is 2. The van der Waals surface area contributed by atoms with Crippen molar-refractivity contribution in [3.63, 3.8) is 0 Å². The molecule has 1 heterocycles. The smallest absolute Gasteiger partial charge is 0.191 e. The number of aryl methyl sites for hydroxylation is 1. The van der Waals surface area contributed by atoms with Crippen molar-refractivity contribution < 1.29 is 9.47 Å². The molecule has 0 radical (unpaired) electrons. The zero-order valence-electron chi connectivity index (χ0n) is 14.3. The van der Waals surface area contributed by atoms with E-state index in [0.29, 0.717) is 19.7 Å². The van der Waals surface area contributed by atoms with Crippen molar-refractivity contribution in [2.45, 2.75) is 13.5 Å². The highest BCUT2D eigenvalue weighted by Crippen LogP contribution is 2.16. The van der Waals surface area contributed by atoms with Gasteiger partial charge in [-0.2, -0.15) is 0 Å². The van der Waals surface area contributed by atoms with E-state index in [1.165, 1.54) is 0 Å². The van der Waals surface area contributed by atoms with Gasteiger partial charge in [-0.15, -0.1) is 10.2 Å². The van der Waals surface area contributed by atoms with Crippen molar-refractivity contribution in [2.75, 3.05) is 26.8 Å². The Morgan fingerprint density at radius 1 is 1.21 bits per heavy atom. The average Bonchev–Trinajstić information content (AvgIpc) is 3.02. The summed E-state index contributed by atoms with van der Waals surface area (Å²) in [5, 5.41) is 14.3. The first kappa shape index (κ1) is 17.6. The average molecular weight is 332 g/mol. The summed E-state index contributed by atoms with van der Waals surface area (Å²) < 4.78 is 12.6. The Morgan fingerprint density at radius 3 is 2.58 bits per heavy atom. The summed E-state index contributed by atoms with van der Waals surface area (Å²) in [7, 11) is 3.54. The van der Waals surface area contributed by atoms with Gasteiger partial charge in [0.25, 0.3) is 0 Å². The maximum Gasteiger partial charge on any atom is 0.191 e. The van der Waals surface area contributed by atoms with E-state index in [2.05, 4.69) is 25.8 Å². The molecule has 8 heteroatoms. The van der Waals surface area contributed by atoms with Gasteiger partial charge in [-0.1, -0.05) is 0 Å². The summed E-state index contributed by atoms with van der Waals surface area (Å²) in [4.78, 5) is 4.48. The first-order valence-corrected chi connectivity index (χ1v) is 7.84. The van der Waals surface area contributed by atoms with Gasteiger partial charge in [0.1, 0.15) is 31.0 Å². The fourth-order valence-electron chi connectivity index (χ4n) is 1.95. The Labute approximate surface area is 141 Å². The number of nitrogens with zero attached hydrogens (tertiary/aromatic N) is 4. The standard InChI is InChI=1S/C16H24N6O2/c1-4-17-16(19-11-15-21-20-12-22(15)2)18-9-10-24-14-7-5-13(23-3)6-8-14/h5-8,12H,4,9-11H2,1-3H3,(H2,17,18,19). The van der Waals surface area contributed by atoms with Crippen LogP contribution in [0.2, 0.25) is 0 Å². The van der Waals surface area contributed by atoms with Crippen LogP contribution in [0.5, 0.6) is 11.5 Å². The number of hydrogen-bond acceptors (Lipinski definition) is 5. The minimum Gasteiger partial charge on any atom is -0.497 e. The Morgan fingerprint density at radius 2 is 1.96 bits per heavy atom. The van der Waals surface area contributed by atoms with Gasteiger partial charge in [0, 0.05) is 13.6 Å². The number of nitrogens with one attached hydrogen (secondary N) is 2. The molecular formula is C16H24N6O2. The third kappa shape index (κ3) is 5.45. The molecule has 0 amide bonds. The fourth-order valence-corrected chi connectivity index (χ4v) is 1.95. The molecule has 130 valence electrons. The number of methoxy groups -OCH3 is 1. The maximum absolute atomic E-state index is 5.68. The van der Waals surface area contributed by atoms with E-state index in [9.17, 15) is 0 Å². The van der Waals surface area contributed by atoms with Crippen LogP contribution in [0.15, 0.2) is 35.6 Å². The molecule has 0 aliphatic carbocycles. The largest absolute Gasteiger partial charge is 0.497 e. The molecule has 2 aromatic rings. The molecule has 0 aliphatic heterocycles. The molecule has 1 aromatic heterocycles. The van der Waals surface area contributed by atoms with Crippen LogP contribution < -0.4 is 20.1 Å². The van der Waals surface area contributed by atoms with Crippen LogP contribution in [0, 0.1) is 0 Å². The molecule has 2 N–H and O–H groups in total. The molecule has 0 bridgehead atoms. The molecule has 0 aliphatic rings. The van der Waals surface area contributed by atoms with Crippen LogP contribution in [0.4, 0.5) is 0 Å². The predicted octanol–water partition coefficient (Wildman–Crippen LogP) is 0.958. The second-order valence-corrected chi connectivity index (χ2v) is 5.00. The summed E-state index contributed by atoms with van der Waals surface area (Å²) in [6.07, 6.45) is 1.66. The molecule has 2 rings (SSSR count). The summed E-state index contributed by atoms with van der Waals surface area (Å²) >= 11 is 0. The summed E-state index contributed by atoms with van der Waals surface area (Å²) in [5.74, 6) is 3.14. The van der Waals surface area contributed by atoms with Crippen LogP contribution >= 0.6 is 0 Å². The molecule has 24 heavy (non-hydrogen) atoms. The van der Waals surface area contributed by atoms with Crippen LogP contribution in [0.1, 0.15) is 12.7 Å². The van der Waals surface area contributed by atoms with Crippen molar-refractivity contribution in [1.82, 2.24) is 25.4 Å². The van der Waals surface area contributed by atoms with Crippen LogP contribution in [-0.2, 0) is 13.6 Å². The van der Waals surface area contributed by atoms with E-state index < -0.39 is 0 Å². The predicted molar refractivity (Wildman–Crippen MR) is 92.3 cm³/mol. The van der Waals surface area contributed by atoms with Gasteiger partial charge < -0.3 is 24.7 Å². The van der Waals surface area contributed by atoms with Crippen molar-refractivity contribution in [3.8, 4) is 11.5 Å². The molecule has 8 nitrogen and oxygen atoms in total. The van der Waals surface area contributed by atoms with Crippen molar-refractivity contribution >= 4 is 5.96 Å². The number of aliphatic imine (C=N–C) groups is 1. The first-order chi connectivity index (χ1) is 11.7. The molecule has 0 saturated heterocycles. The topological polar surface area (TPSA) is 85.6 Å². The van der Waals surface area contributed by atoms with Gasteiger partial charge in [-0.05, 0) is 31.2 Å². The number of guanidine groups is 1. The highest BCUT2D eigenvalue weighted by atomic mass is 16.5. The van der Waals surface area contributed by atoms with Crippen molar-refractivity contribution in [1.29, 1.82) is 0 Å². The third-order valence-electron chi connectivity index (χ3n) is 3.25. The first-order valence-electron chi connectivity index (χ1n) is 7.84. The number of rotatable bonds is 8.